The molecule has 0 saturated carbocycles. The maximum absolute atomic E-state index is 12.7. The number of ether oxygens (including phenoxy) is 3. The fraction of sp³-hybridized carbons (Fsp3) is 0.107. The van der Waals surface area contributed by atoms with Crippen molar-refractivity contribution >= 4 is 15.8 Å². The van der Waals surface area contributed by atoms with E-state index in [2.05, 4.69) is 0 Å². The average molecular weight is 489 g/mol. The van der Waals surface area contributed by atoms with E-state index in [0.717, 1.165) is 5.56 Å². The van der Waals surface area contributed by atoms with E-state index in [1.165, 1.54) is 12.1 Å². The van der Waals surface area contributed by atoms with Crippen LogP contribution in [0.3, 0.4) is 0 Å². The molecule has 6 nitrogen and oxygen atoms in total. The molecule has 4 aromatic rings. The van der Waals surface area contributed by atoms with E-state index in [4.69, 9.17) is 14.2 Å². The number of hydrogen-bond donors (Lipinski definition) is 0. The molecule has 0 aliphatic rings. The molecular formula is C28H24O6S. The lowest BCUT2D eigenvalue weighted by molar-refractivity contribution is 0.0472. The van der Waals surface area contributed by atoms with Gasteiger partial charge < -0.3 is 14.2 Å². The molecule has 0 spiro atoms. The molecule has 0 aromatic heterocycles. The van der Waals surface area contributed by atoms with Gasteiger partial charge in [0.25, 0.3) is 0 Å². The highest BCUT2D eigenvalue weighted by molar-refractivity contribution is 7.91. The summed E-state index contributed by atoms with van der Waals surface area (Å²) in [5, 5.41) is 0. The van der Waals surface area contributed by atoms with Gasteiger partial charge in [-0.05, 0) is 59.7 Å². The molecule has 0 unspecified atom stereocenters. The standard InChI is InChI=1S/C28H24O6S/c1-32-26-9-5-6-10-27(26)33-19-21-11-15-23(16-12-21)28(29)34-20-22-13-17-25(18-14-22)35(30,31)24-7-3-2-4-8-24/h2-18H,19-20H2,1H3. The Labute approximate surface area is 204 Å². The lowest BCUT2D eigenvalue weighted by Crippen LogP contribution is -2.06. The number of benzene rings is 4. The largest absolute Gasteiger partial charge is 0.493 e. The summed E-state index contributed by atoms with van der Waals surface area (Å²) < 4.78 is 41.8. The summed E-state index contributed by atoms with van der Waals surface area (Å²) in [6.45, 7) is 0.358. The van der Waals surface area contributed by atoms with Gasteiger partial charge in [0.1, 0.15) is 13.2 Å². The van der Waals surface area contributed by atoms with Gasteiger partial charge in [-0.3, -0.25) is 0 Å². The van der Waals surface area contributed by atoms with Crippen LogP contribution in [0, 0.1) is 0 Å². The Kier molecular flexibility index (Phi) is 7.48. The van der Waals surface area contributed by atoms with E-state index in [0.29, 0.717) is 29.2 Å². The summed E-state index contributed by atoms with van der Waals surface area (Å²) in [7, 11) is -2.00. The SMILES string of the molecule is COc1ccccc1OCc1ccc(C(=O)OCc2ccc(S(=O)(=O)c3ccccc3)cc2)cc1. The molecule has 0 atom stereocenters. The van der Waals surface area contributed by atoms with Crippen molar-refractivity contribution in [1.29, 1.82) is 0 Å². The van der Waals surface area contributed by atoms with Crippen LogP contribution < -0.4 is 9.47 Å². The van der Waals surface area contributed by atoms with Gasteiger partial charge in [-0.25, -0.2) is 13.2 Å². The Hall–Kier alpha value is -4.10. The first kappa shape index (κ1) is 24.0. The Morgan fingerprint density at radius 3 is 1.86 bits per heavy atom. The molecule has 0 heterocycles. The topological polar surface area (TPSA) is 78.9 Å². The van der Waals surface area contributed by atoms with E-state index >= 15 is 0 Å². The number of esters is 1. The Balaban J connectivity index is 1.32. The average Bonchev–Trinajstić information content (AvgIpc) is 2.91. The second-order valence-electron chi connectivity index (χ2n) is 7.67. The second-order valence-corrected chi connectivity index (χ2v) is 9.62. The zero-order valence-electron chi connectivity index (χ0n) is 19.1. The first-order chi connectivity index (χ1) is 17.0. The van der Waals surface area contributed by atoms with Crippen LogP contribution in [0.5, 0.6) is 11.5 Å². The molecular weight excluding hydrogens is 464 g/mol. The molecule has 7 heteroatoms. The van der Waals surface area contributed by atoms with E-state index in [-0.39, 0.29) is 16.4 Å². The molecule has 0 aliphatic carbocycles. The molecule has 0 radical (unpaired) electrons. The molecule has 0 fully saturated rings. The zero-order valence-corrected chi connectivity index (χ0v) is 19.9. The Bertz CT molecular complexity index is 1380. The van der Waals surface area contributed by atoms with Crippen molar-refractivity contribution in [1.82, 2.24) is 0 Å². The lowest BCUT2D eigenvalue weighted by Gasteiger charge is -2.11. The predicted octanol–water partition coefficient (Wildman–Crippen LogP) is 5.46. The highest BCUT2D eigenvalue weighted by atomic mass is 32.2. The summed E-state index contributed by atoms with van der Waals surface area (Å²) >= 11 is 0. The summed E-state index contributed by atoms with van der Waals surface area (Å²) in [6, 6.07) is 28.9. The highest BCUT2D eigenvalue weighted by Crippen LogP contribution is 2.26. The normalized spacial score (nSPS) is 11.0. The van der Waals surface area contributed by atoms with E-state index in [1.54, 1.807) is 73.8 Å². The molecule has 0 saturated heterocycles. The van der Waals surface area contributed by atoms with Gasteiger partial charge in [0.15, 0.2) is 11.5 Å². The first-order valence-electron chi connectivity index (χ1n) is 10.9. The van der Waals surface area contributed by atoms with Crippen LogP contribution in [0.4, 0.5) is 0 Å². The number of para-hydroxylation sites is 2. The van der Waals surface area contributed by atoms with Crippen LogP contribution in [-0.2, 0) is 27.8 Å². The van der Waals surface area contributed by atoms with Crippen LogP contribution in [0.2, 0.25) is 0 Å². The number of sulfone groups is 1. The van der Waals surface area contributed by atoms with Crippen molar-refractivity contribution in [3.63, 3.8) is 0 Å². The fourth-order valence-electron chi connectivity index (χ4n) is 3.37. The quantitative estimate of drug-likeness (QED) is 0.291. The van der Waals surface area contributed by atoms with Gasteiger partial charge in [-0.2, -0.15) is 0 Å². The molecule has 0 amide bonds. The summed E-state index contributed by atoms with van der Waals surface area (Å²) in [6.07, 6.45) is 0. The number of carbonyl (C=O) groups excluding carboxylic acids is 1. The van der Waals surface area contributed by atoms with E-state index < -0.39 is 15.8 Å². The number of rotatable bonds is 9. The molecule has 4 rings (SSSR count). The minimum Gasteiger partial charge on any atom is -0.493 e. The summed E-state index contributed by atoms with van der Waals surface area (Å²) in [5.74, 6) is 0.822. The zero-order chi connectivity index (χ0) is 24.7. The summed E-state index contributed by atoms with van der Waals surface area (Å²) in [4.78, 5) is 12.9. The van der Waals surface area contributed by atoms with Crippen molar-refractivity contribution < 1.29 is 27.4 Å². The monoisotopic (exact) mass is 488 g/mol. The van der Waals surface area contributed by atoms with Crippen molar-refractivity contribution in [2.24, 2.45) is 0 Å². The Morgan fingerprint density at radius 2 is 1.20 bits per heavy atom. The maximum Gasteiger partial charge on any atom is 0.338 e. The lowest BCUT2D eigenvalue weighted by atomic mass is 10.1. The van der Waals surface area contributed by atoms with Crippen LogP contribution in [-0.4, -0.2) is 21.5 Å². The van der Waals surface area contributed by atoms with Crippen molar-refractivity contribution in [2.45, 2.75) is 23.0 Å². The third-order valence-electron chi connectivity index (χ3n) is 5.31. The minimum absolute atomic E-state index is 0.0309. The minimum atomic E-state index is -3.59. The molecule has 0 N–H and O–H groups in total. The van der Waals surface area contributed by atoms with Crippen molar-refractivity contribution in [3.05, 3.63) is 120 Å². The number of hydrogen-bond acceptors (Lipinski definition) is 6. The molecule has 0 bridgehead atoms. The van der Waals surface area contributed by atoms with Crippen molar-refractivity contribution in [3.8, 4) is 11.5 Å². The molecule has 178 valence electrons. The molecule has 4 aromatic carbocycles. The van der Waals surface area contributed by atoms with Gasteiger partial charge >= 0.3 is 5.97 Å². The van der Waals surface area contributed by atoms with Gasteiger partial charge in [0.05, 0.1) is 22.5 Å². The number of carbonyl (C=O) groups is 1. The van der Waals surface area contributed by atoms with Crippen LogP contribution in [0.15, 0.2) is 113 Å². The third-order valence-corrected chi connectivity index (χ3v) is 7.10. The van der Waals surface area contributed by atoms with Crippen LogP contribution >= 0.6 is 0 Å². The van der Waals surface area contributed by atoms with Gasteiger partial charge in [-0.15, -0.1) is 0 Å². The van der Waals surface area contributed by atoms with Gasteiger partial charge in [-0.1, -0.05) is 54.6 Å². The fourth-order valence-corrected chi connectivity index (χ4v) is 4.65. The van der Waals surface area contributed by atoms with Crippen LogP contribution in [0.1, 0.15) is 21.5 Å². The van der Waals surface area contributed by atoms with Gasteiger partial charge in [0, 0.05) is 0 Å². The van der Waals surface area contributed by atoms with Crippen molar-refractivity contribution in [2.75, 3.05) is 7.11 Å². The van der Waals surface area contributed by atoms with Crippen LogP contribution in [0.25, 0.3) is 0 Å². The summed E-state index contributed by atoms with van der Waals surface area (Å²) in [5.41, 5.74) is 1.99. The van der Waals surface area contributed by atoms with Gasteiger partial charge in [0.2, 0.25) is 9.84 Å². The Morgan fingerprint density at radius 1 is 0.657 bits per heavy atom. The predicted molar refractivity (Wildman–Crippen MR) is 131 cm³/mol. The third kappa shape index (κ3) is 5.88. The highest BCUT2D eigenvalue weighted by Gasteiger charge is 2.17. The number of methoxy groups -OCH3 is 1. The van der Waals surface area contributed by atoms with E-state index in [1.807, 2.05) is 24.3 Å². The first-order valence-corrected chi connectivity index (χ1v) is 12.4. The molecule has 35 heavy (non-hydrogen) atoms. The van der Waals surface area contributed by atoms with E-state index in [9.17, 15) is 13.2 Å². The second kappa shape index (κ2) is 10.9. The smallest absolute Gasteiger partial charge is 0.338 e. The maximum atomic E-state index is 12.7. The molecule has 0 aliphatic heterocycles.